The number of hydrogen-bond acceptors (Lipinski definition) is 4. The first-order valence-electron chi connectivity index (χ1n) is 5.59. The summed E-state index contributed by atoms with van der Waals surface area (Å²) in [7, 11) is 0. The van der Waals surface area contributed by atoms with Crippen LogP contribution in [0.15, 0.2) is 0 Å². The van der Waals surface area contributed by atoms with Crippen molar-refractivity contribution in [2.24, 2.45) is 5.92 Å². The van der Waals surface area contributed by atoms with Gasteiger partial charge >= 0.3 is 5.97 Å². The standard InChI is InChI=1S/C10H16N4O2/c11-10-12-8(13-14-10)7(9(15)16)6-4-2-1-3-5-6/h6-7H,1-5H2,(H,15,16)(H3,11,12,13,14). The van der Waals surface area contributed by atoms with Crippen LogP contribution >= 0.6 is 0 Å². The number of anilines is 1. The Morgan fingerprint density at radius 3 is 2.62 bits per heavy atom. The van der Waals surface area contributed by atoms with Crippen LogP contribution in [-0.4, -0.2) is 26.3 Å². The number of aliphatic carboxylic acids is 1. The molecule has 0 aliphatic heterocycles. The highest BCUT2D eigenvalue weighted by Gasteiger charge is 2.33. The smallest absolute Gasteiger partial charge is 0.314 e. The van der Waals surface area contributed by atoms with E-state index in [0.717, 1.165) is 25.7 Å². The molecule has 1 heterocycles. The number of hydrogen-bond donors (Lipinski definition) is 3. The number of carbonyl (C=O) groups is 1. The number of nitrogens with one attached hydrogen (secondary N) is 1. The lowest BCUT2D eigenvalue weighted by molar-refractivity contribution is -0.140. The maximum Gasteiger partial charge on any atom is 0.314 e. The topological polar surface area (TPSA) is 105 Å². The SMILES string of the molecule is Nc1n[nH]c(C(C(=O)O)C2CCCCC2)n1. The van der Waals surface area contributed by atoms with E-state index in [0.29, 0.717) is 5.82 Å². The van der Waals surface area contributed by atoms with E-state index in [4.69, 9.17) is 5.73 Å². The van der Waals surface area contributed by atoms with E-state index in [1.54, 1.807) is 0 Å². The van der Waals surface area contributed by atoms with Crippen LogP contribution in [0.1, 0.15) is 43.8 Å². The van der Waals surface area contributed by atoms with Crippen molar-refractivity contribution in [1.82, 2.24) is 15.2 Å². The largest absolute Gasteiger partial charge is 0.481 e. The summed E-state index contributed by atoms with van der Waals surface area (Å²) in [5.41, 5.74) is 5.40. The molecule has 6 heteroatoms. The molecule has 1 aromatic heterocycles. The Hall–Kier alpha value is -1.59. The minimum atomic E-state index is -0.844. The summed E-state index contributed by atoms with van der Waals surface area (Å²) in [6.45, 7) is 0. The molecule has 1 aromatic rings. The molecule has 1 atom stereocenters. The molecular formula is C10H16N4O2. The summed E-state index contributed by atoms with van der Waals surface area (Å²) in [5, 5.41) is 15.6. The molecule has 1 aliphatic carbocycles. The van der Waals surface area contributed by atoms with Gasteiger partial charge in [0.25, 0.3) is 0 Å². The fraction of sp³-hybridized carbons (Fsp3) is 0.700. The van der Waals surface area contributed by atoms with Crippen LogP contribution in [0.5, 0.6) is 0 Å². The molecule has 0 bridgehead atoms. The first-order chi connectivity index (χ1) is 7.68. The zero-order chi connectivity index (χ0) is 11.5. The van der Waals surface area contributed by atoms with Gasteiger partial charge in [-0.2, -0.15) is 4.98 Å². The molecule has 1 aliphatic rings. The van der Waals surface area contributed by atoms with Gasteiger partial charge in [-0.3, -0.25) is 9.89 Å². The molecule has 2 rings (SSSR count). The number of H-pyrrole nitrogens is 1. The highest BCUT2D eigenvalue weighted by molar-refractivity contribution is 5.75. The Bertz CT molecular complexity index is 371. The third-order valence-electron chi connectivity index (χ3n) is 3.20. The summed E-state index contributed by atoms with van der Waals surface area (Å²) in [4.78, 5) is 15.2. The highest BCUT2D eigenvalue weighted by Crippen LogP contribution is 2.34. The predicted octanol–water partition coefficient (Wildman–Crippen LogP) is 1.14. The van der Waals surface area contributed by atoms with Crippen LogP contribution in [0.4, 0.5) is 5.95 Å². The van der Waals surface area contributed by atoms with Gasteiger partial charge in [-0.25, -0.2) is 0 Å². The van der Waals surface area contributed by atoms with Crippen LogP contribution in [0.25, 0.3) is 0 Å². The van der Waals surface area contributed by atoms with E-state index in [1.807, 2.05) is 0 Å². The van der Waals surface area contributed by atoms with Crippen LogP contribution in [0.3, 0.4) is 0 Å². The maximum absolute atomic E-state index is 11.3. The molecule has 1 saturated carbocycles. The zero-order valence-corrected chi connectivity index (χ0v) is 9.02. The third-order valence-corrected chi connectivity index (χ3v) is 3.20. The summed E-state index contributed by atoms with van der Waals surface area (Å²) < 4.78 is 0. The first-order valence-corrected chi connectivity index (χ1v) is 5.59. The van der Waals surface area contributed by atoms with Crippen LogP contribution in [0, 0.1) is 5.92 Å². The van der Waals surface area contributed by atoms with E-state index >= 15 is 0 Å². The minimum absolute atomic E-state index is 0.108. The van der Waals surface area contributed by atoms with Gasteiger partial charge in [0.1, 0.15) is 11.7 Å². The van der Waals surface area contributed by atoms with Gasteiger partial charge in [-0.05, 0) is 18.8 Å². The molecule has 16 heavy (non-hydrogen) atoms. The van der Waals surface area contributed by atoms with E-state index in [9.17, 15) is 9.90 Å². The van der Waals surface area contributed by atoms with Crippen LogP contribution < -0.4 is 5.73 Å². The second-order valence-electron chi connectivity index (χ2n) is 4.29. The Labute approximate surface area is 93.3 Å². The molecule has 0 spiro atoms. The number of nitrogens with two attached hydrogens (primary N) is 1. The molecule has 0 radical (unpaired) electrons. The maximum atomic E-state index is 11.3. The molecule has 1 fully saturated rings. The Balaban J connectivity index is 2.19. The number of nitrogen functional groups attached to an aromatic ring is 1. The average molecular weight is 224 g/mol. The minimum Gasteiger partial charge on any atom is -0.481 e. The third kappa shape index (κ3) is 2.15. The number of aromatic amines is 1. The average Bonchev–Trinajstić information content (AvgIpc) is 2.66. The molecular weight excluding hydrogens is 208 g/mol. The van der Waals surface area contributed by atoms with Crippen molar-refractivity contribution in [2.75, 3.05) is 5.73 Å². The van der Waals surface area contributed by atoms with Crippen molar-refractivity contribution < 1.29 is 9.90 Å². The van der Waals surface area contributed by atoms with Gasteiger partial charge in [0.2, 0.25) is 5.95 Å². The molecule has 6 nitrogen and oxygen atoms in total. The lowest BCUT2D eigenvalue weighted by atomic mass is 9.79. The van der Waals surface area contributed by atoms with Crippen molar-refractivity contribution in [3.05, 3.63) is 5.82 Å². The lowest BCUT2D eigenvalue weighted by Crippen LogP contribution is -2.24. The number of carboxylic acids is 1. The summed E-state index contributed by atoms with van der Waals surface area (Å²) in [6, 6.07) is 0. The van der Waals surface area contributed by atoms with E-state index in [1.165, 1.54) is 6.42 Å². The van der Waals surface area contributed by atoms with Gasteiger partial charge < -0.3 is 10.8 Å². The van der Waals surface area contributed by atoms with E-state index < -0.39 is 11.9 Å². The fourth-order valence-electron chi connectivity index (χ4n) is 2.44. The zero-order valence-electron chi connectivity index (χ0n) is 9.02. The van der Waals surface area contributed by atoms with Crippen molar-refractivity contribution in [1.29, 1.82) is 0 Å². The lowest BCUT2D eigenvalue weighted by Gasteiger charge is -2.25. The van der Waals surface area contributed by atoms with Gasteiger partial charge in [0, 0.05) is 0 Å². The highest BCUT2D eigenvalue weighted by atomic mass is 16.4. The molecule has 0 amide bonds. The van der Waals surface area contributed by atoms with Gasteiger partial charge in [-0.1, -0.05) is 19.3 Å². The van der Waals surface area contributed by atoms with Gasteiger partial charge in [-0.15, -0.1) is 5.10 Å². The fourth-order valence-corrected chi connectivity index (χ4v) is 2.44. The molecule has 0 saturated heterocycles. The number of aromatic nitrogens is 3. The van der Waals surface area contributed by atoms with E-state index in [-0.39, 0.29) is 11.9 Å². The van der Waals surface area contributed by atoms with Gasteiger partial charge in [0.15, 0.2) is 0 Å². The van der Waals surface area contributed by atoms with Gasteiger partial charge in [0.05, 0.1) is 0 Å². The van der Waals surface area contributed by atoms with Crippen molar-refractivity contribution in [3.63, 3.8) is 0 Å². The summed E-state index contributed by atoms with van der Waals surface area (Å²) in [6.07, 6.45) is 5.27. The number of carboxylic acid groups (broad SMARTS) is 1. The molecule has 88 valence electrons. The molecule has 1 unspecified atom stereocenters. The summed E-state index contributed by atoms with van der Waals surface area (Å²) >= 11 is 0. The van der Waals surface area contributed by atoms with Crippen molar-refractivity contribution in [2.45, 2.75) is 38.0 Å². The molecule has 4 N–H and O–H groups in total. The Morgan fingerprint density at radius 1 is 1.44 bits per heavy atom. The number of rotatable bonds is 3. The number of nitrogens with zero attached hydrogens (tertiary/aromatic N) is 2. The quantitative estimate of drug-likeness (QED) is 0.713. The monoisotopic (exact) mass is 224 g/mol. The Morgan fingerprint density at radius 2 is 2.12 bits per heavy atom. The second-order valence-corrected chi connectivity index (χ2v) is 4.29. The Kier molecular flexibility index (Phi) is 3.07. The summed E-state index contributed by atoms with van der Waals surface area (Å²) in [5.74, 6) is -0.791. The van der Waals surface area contributed by atoms with Crippen LogP contribution in [0.2, 0.25) is 0 Å². The molecule has 0 aromatic carbocycles. The first kappa shape index (κ1) is 10.9. The van der Waals surface area contributed by atoms with E-state index in [2.05, 4.69) is 15.2 Å². The van der Waals surface area contributed by atoms with Crippen molar-refractivity contribution in [3.8, 4) is 0 Å². The van der Waals surface area contributed by atoms with Crippen LogP contribution in [-0.2, 0) is 4.79 Å². The van der Waals surface area contributed by atoms with Crippen molar-refractivity contribution >= 4 is 11.9 Å². The second kappa shape index (κ2) is 4.51. The normalized spacial score (nSPS) is 19.5. The predicted molar refractivity (Wildman–Crippen MR) is 57.7 cm³/mol.